The van der Waals surface area contributed by atoms with E-state index in [4.69, 9.17) is 4.74 Å². The maximum Gasteiger partial charge on any atom is 0.119 e. The van der Waals surface area contributed by atoms with Crippen molar-refractivity contribution in [2.24, 2.45) is 5.92 Å². The lowest BCUT2D eigenvalue weighted by atomic mass is 10.0. The van der Waals surface area contributed by atoms with Crippen molar-refractivity contribution < 1.29 is 4.74 Å². The minimum absolute atomic E-state index is 0.587. The number of ether oxygens (including phenoxy) is 1. The van der Waals surface area contributed by atoms with Crippen LogP contribution in [0.5, 0.6) is 5.75 Å². The van der Waals surface area contributed by atoms with Gasteiger partial charge >= 0.3 is 0 Å². The van der Waals surface area contributed by atoms with E-state index in [1.165, 1.54) is 0 Å². The van der Waals surface area contributed by atoms with Crippen molar-refractivity contribution in [3.63, 3.8) is 0 Å². The molecule has 17 heavy (non-hydrogen) atoms. The molecule has 0 aliphatic rings. The second kappa shape index (κ2) is 7.72. The number of nitrogens with one attached hydrogen (secondary N) is 1. The Balaban J connectivity index is 2.22. The standard InChI is InChI=1S/C14H22BrNO/c1-4-14(11(2)3)16-9-10-17-13-7-5-12(15)6-8-13/h5-8,11,14,16H,4,9-10H2,1-3H3. The van der Waals surface area contributed by atoms with Gasteiger partial charge in [-0.15, -0.1) is 0 Å². The van der Waals surface area contributed by atoms with E-state index in [1.54, 1.807) is 0 Å². The van der Waals surface area contributed by atoms with Crippen LogP contribution in [0.2, 0.25) is 0 Å². The van der Waals surface area contributed by atoms with E-state index in [0.717, 1.165) is 23.2 Å². The monoisotopic (exact) mass is 299 g/mol. The highest BCUT2D eigenvalue weighted by molar-refractivity contribution is 9.10. The number of halogens is 1. The molecule has 1 atom stereocenters. The molecule has 0 aliphatic carbocycles. The van der Waals surface area contributed by atoms with Crippen LogP contribution in [-0.2, 0) is 0 Å². The second-order valence-corrected chi connectivity index (χ2v) is 5.43. The third-order valence-electron chi connectivity index (χ3n) is 2.84. The van der Waals surface area contributed by atoms with Crippen LogP contribution in [0.15, 0.2) is 28.7 Å². The van der Waals surface area contributed by atoms with Crippen molar-refractivity contribution >= 4 is 15.9 Å². The maximum absolute atomic E-state index is 5.65. The molecule has 2 nitrogen and oxygen atoms in total. The van der Waals surface area contributed by atoms with Crippen molar-refractivity contribution in [2.45, 2.75) is 33.2 Å². The van der Waals surface area contributed by atoms with Gasteiger partial charge in [-0.3, -0.25) is 0 Å². The summed E-state index contributed by atoms with van der Waals surface area (Å²) in [4.78, 5) is 0. The van der Waals surface area contributed by atoms with Crippen LogP contribution < -0.4 is 10.1 Å². The van der Waals surface area contributed by atoms with Gasteiger partial charge in [-0.2, -0.15) is 0 Å². The summed E-state index contributed by atoms with van der Waals surface area (Å²) in [6.07, 6.45) is 1.16. The Morgan fingerprint density at radius 3 is 2.41 bits per heavy atom. The van der Waals surface area contributed by atoms with Gasteiger partial charge in [0.1, 0.15) is 12.4 Å². The first-order valence-electron chi connectivity index (χ1n) is 6.25. The molecule has 1 aromatic rings. The fraction of sp³-hybridized carbons (Fsp3) is 0.571. The average molecular weight is 300 g/mol. The highest BCUT2D eigenvalue weighted by Gasteiger charge is 2.09. The summed E-state index contributed by atoms with van der Waals surface area (Å²) in [6, 6.07) is 8.52. The summed E-state index contributed by atoms with van der Waals surface area (Å²) in [5, 5.41) is 3.52. The third kappa shape index (κ3) is 5.55. The highest BCUT2D eigenvalue weighted by atomic mass is 79.9. The smallest absolute Gasteiger partial charge is 0.119 e. The molecule has 0 bridgehead atoms. The molecular weight excluding hydrogens is 278 g/mol. The Labute approximate surface area is 113 Å². The molecule has 96 valence electrons. The van der Waals surface area contributed by atoms with Gasteiger partial charge < -0.3 is 10.1 Å². The zero-order valence-electron chi connectivity index (χ0n) is 10.9. The third-order valence-corrected chi connectivity index (χ3v) is 3.36. The van der Waals surface area contributed by atoms with Crippen molar-refractivity contribution in [3.8, 4) is 5.75 Å². The predicted molar refractivity (Wildman–Crippen MR) is 76.6 cm³/mol. The molecule has 0 heterocycles. The van der Waals surface area contributed by atoms with Crippen LogP contribution in [0.1, 0.15) is 27.2 Å². The van der Waals surface area contributed by atoms with E-state index in [2.05, 4.69) is 42.0 Å². The van der Waals surface area contributed by atoms with Gasteiger partial charge in [-0.1, -0.05) is 36.7 Å². The first-order chi connectivity index (χ1) is 8.13. The van der Waals surface area contributed by atoms with E-state index in [9.17, 15) is 0 Å². The van der Waals surface area contributed by atoms with Crippen LogP contribution in [-0.4, -0.2) is 19.2 Å². The quantitative estimate of drug-likeness (QED) is 0.772. The van der Waals surface area contributed by atoms with Gasteiger partial charge in [0.15, 0.2) is 0 Å². The number of benzene rings is 1. The van der Waals surface area contributed by atoms with Gasteiger partial charge in [-0.05, 0) is 36.6 Å². The molecule has 0 aromatic heterocycles. The van der Waals surface area contributed by atoms with Crippen LogP contribution >= 0.6 is 15.9 Å². The minimum Gasteiger partial charge on any atom is -0.492 e. The summed E-state index contributed by atoms with van der Waals surface area (Å²) in [5.41, 5.74) is 0. The summed E-state index contributed by atoms with van der Waals surface area (Å²) < 4.78 is 6.73. The lowest BCUT2D eigenvalue weighted by Gasteiger charge is -2.20. The zero-order chi connectivity index (χ0) is 12.7. The average Bonchev–Trinajstić information content (AvgIpc) is 2.31. The first-order valence-corrected chi connectivity index (χ1v) is 7.04. The SMILES string of the molecule is CCC(NCCOc1ccc(Br)cc1)C(C)C. The van der Waals surface area contributed by atoms with Crippen molar-refractivity contribution in [3.05, 3.63) is 28.7 Å². The lowest BCUT2D eigenvalue weighted by molar-refractivity contribution is 0.289. The molecule has 0 saturated heterocycles. The minimum atomic E-state index is 0.587. The molecule has 1 aromatic carbocycles. The zero-order valence-corrected chi connectivity index (χ0v) is 12.5. The summed E-state index contributed by atoms with van der Waals surface area (Å²) in [5.74, 6) is 1.60. The molecule has 0 saturated carbocycles. The van der Waals surface area contributed by atoms with E-state index in [0.29, 0.717) is 18.6 Å². The van der Waals surface area contributed by atoms with Gasteiger partial charge in [0, 0.05) is 17.1 Å². The van der Waals surface area contributed by atoms with Crippen LogP contribution in [0.25, 0.3) is 0 Å². The normalized spacial score (nSPS) is 12.8. The van der Waals surface area contributed by atoms with Crippen molar-refractivity contribution in [1.29, 1.82) is 0 Å². The summed E-state index contributed by atoms with van der Waals surface area (Å²) in [7, 11) is 0. The Morgan fingerprint density at radius 2 is 1.88 bits per heavy atom. The Morgan fingerprint density at radius 1 is 1.24 bits per heavy atom. The Hall–Kier alpha value is -0.540. The van der Waals surface area contributed by atoms with E-state index in [-0.39, 0.29) is 0 Å². The fourth-order valence-electron chi connectivity index (χ4n) is 1.80. The second-order valence-electron chi connectivity index (χ2n) is 4.52. The predicted octanol–water partition coefficient (Wildman–Crippen LogP) is 3.85. The van der Waals surface area contributed by atoms with Crippen LogP contribution in [0.4, 0.5) is 0 Å². The van der Waals surface area contributed by atoms with Gasteiger partial charge in [0.05, 0.1) is 0 Å². The number of rotatable bonds is 7. The van der Waals surface area contributed by atoms with Gasteiger partial charge in [0.2, 0.25) is 0 Å². The number of hydrogen-bond donors (Lipinski definition) is 1. The Kier molecular flexibility index (Phi) is 6.60. The molecule has 0 amide bonds. The Bertz CT molecular complexity index is 311. The topological polar surface area (TPSA) is 21.3 Å². The van der Waals surface area contributed by atoms with Crippen LogP contribution in [0.3, 0.4) is 0 Å². The van der Waals surface area contributed by atoms with Gasteiger partial charge in [0.25, 0.3) is 0 Å². The summed E-state index contributed by atoms with van der Waals surface area (Å²) in [6.45, 7) is 8.32. The number of hydrogen-bond acceptors (Lipinski definition) is 2. The maximum atomic E-state index is 5.65. The van der Waals surface area contributed by atoms with E-state index < -0.39 is 0 Å². The molecule has 1 rings (SSSR count). The largest absolute Gasteiger partial charge is 0.492 e. The molecule has 1 N–H and O–H groups in total. The molecule has 1 unspecified atom stereocenters. The van der Waals surface area contributed by atoms with Crippen molar-refractivity contribution in [2.75, 3.05) is 13.2 Å². The highest BCUT2D eigenvalue weighted by Crippen LogP contribution is 2.15. The van der Waals surface area contributed by atoms with E-state index in [1.807, 2.05) is 24.3 Å². The van der Waals surface area contributed by atoms with Crippen molar-refractivity contribution in [1.82, 2.24) is 5.32 Å². The van der Waals surface area contributed by atoms with E-state index >= 15 is 0 Å². The molecule has 0 aliphatic heterocycles. The fourth-order valence-corrected chi connectivity index (χ4v) is 2.06. The summed E-state index contributed by atoms with van der Waals surface area (Å²) >= 11 is 3.40. The first kappa shape index (κ1) is 14.5. The molecule has 3 heteroatoms. The molecule has 0 radical (unpaired) electrons. The molecule has 0 spiro atoms. The lowest BCUT2D eigenvalue weighted by Crippen LogP contribution is -2.35. The van der Waals surface area contributed by atoms with Gasteiger partial charge in [-0.25, -0.2) is 0 Å². The molecular formula is C14H22BrNO. The van der Waals surface area contributed by atoms with Crippen LogP contribution in [0, 0.1) is 5.92 Å². The molecule has 0 fully saturated rings.